The molecule has 0 saturated heterocycles. The van der Waals surface area contributed by atoms with Crippen LogP contribution in [0.2, 0.25) is 0 Å². The molecule has 1 aromatic heterocycles. The smallest absolute Gasteiger partial charge is 0.321 e. The van der Waals surface area contributed by atoms with Crippen LogP contribution < -0.4 is 5.32 Å². The van der Waals surface area contributed by atoms with Crippen molar-refractivity contribution < 1.29 is 18.0 Å². The Morgan fingerprint density at radius 3 is 2.35 bits per heavy atom. The topological polar surface area (TPSA) is 46.9 Å². The molecule has 0 aliphatic rings. The Bertz CT molecular complexity index is 615. The van der Waals surface area contributed by atoms with Crippen molar-refractivity contribution in [3.8, 4) is 0 Å². The molecule has 0 fully saturated rings. The van der Waals surface area contributed by atoms with Crippen molar-refractivity contribution in [2.75, 3.05) is 5.32 Å². The molecule has 1 aromatic carbocycles. The van der Waals surface area contributed by atoms with E-state index in [4.69, 9.17) is 0 Å². The number of alkyl halides is 3. The van der Waals surface area contributed by atoms with Gasteiger partial charge in [0.15, 0.2) is 0 Å². The van der Waals surface area contributed by atoms with Crippen molar-refractivity contribution in [2.24, 2.45) is 7.05 Å². The Labute approximate surface area is 126 Å². The summed E-state index contributed by atoms with van der Waals surface area (Å²) in [5, 5.41) is 6.46. The van der Waals surface area contributed by atoms with Gasteiger partial charge in [-0.3, -0.25) is 9.48 Å². The highest BCUT2D eigenvalue weighted by atomic mass is 127. The Morgan fingerprint density at radius 2 is 1.90 bits per heavy atom. The fourth-order valence-electron chi connectivity index (χ4n) is 1.60. The lowest BCUT2D eigenvalue weighted by Gasteiger charge is -2.09. The van der Waals surface area contributed by atoms with E-state index in [9.17, 15) is 18.0 Å². The van der Waals surface area contributed by atoms with E-state index in [2.05, 4.69) is 10.4 Å². The molecule has 0 aliphatic carbocycles. The zero-order valence-corrected chi connectivity index (χ0v) is 12.4. The van der Waals surface area contributed by atoms with Gasteiger partial charge in [-0.1, -0.05) is 0 Å². The third-order valence-electron chi connectivity index (χ3n) is 2.58. The largest absolute Gasteiger partial charge is 0.416 e. The number of hydrogen-bond acceptors (Lipinski definition) is 2. The third-order valence-corrected chi connectivity index (χ3v) is 3.37. The molecule has 1 amide bonds. The molecule has 0 bridgehead atoms. The SMILES string of the molecule is Cn1ncc(I)c1C(=O)Nc1ccc(C(F)(F)F)cc1. The average molecular weight is 395 g/mol. The quantitative estimate of drug-likeness (QED) is 0.794. The highest BCUT2D eigenvalue weighted by Gasteiger charge is 2.30. The van der Waals surface area contributed by atoms with E-state index in [1.54, 1.807) is 7.05 Å². The molecule has 0 radical (unpaired) electrons. The second kappa shape index (κ2) is 5.43. The van der Waals surface area contributed by atoms with Gasteiger partial charge in [0.05, 0.1) is 15.3 Å². The highest BCUT2D eigenvalue weighted by Crippen LogP contribution is 2.29. The molecule has 0 atom stereocenters. The number of nitrogens with one attached hydrogen (secondary N) is 1. The van der Waals surface area contributed by atoms with Crippen molar-refractivity contribution in [1.29, 1.82) is 0 Å². The van der Waals surface area contributed by atoms with E-state index in [0.29, 0.717) is 15.0 Å². The molecular formula is C12H9F3IN3O. The maximum Gasteiger partial charge on any atom is 0.416 e. The number of amides is 1. The van der Waals surface area contributed by atoms with Crippen LogP contribution in [0.25, 0.3) is 0 Å². The molecule has 1 N–H and O–H groups in total. The molecule has 20 heavy (non-hydrogen) atoms. The van der Waals surface area contributed by atoms with Gasteiger partial charge in [0.1, 0.15) is 5.69 Å². The van der Waals surface area contributed by atoms with E-state index >= 15 is 0 Å². The average Bonchev–Trinajstić information content (AvgIpc) is 2.68. The van der Waals surface area contributed by atoms with Crippen LogP contribution in [-0.2, 0) is 13.2 Å². The molecule has 106 valence electrons. The summed E-state index contributed by atoms with van der Waals surface area (Å²) in [5.74, 6) is -0.422. The van der Waals surface area contributed by atoms with Crippen LogP contribution in [0.15, 0.2) is 30.5 Å². The van der Waals surface area contributed by atoms with Gasteiger partial charge in [-0.05, 0) is 46.9 Å². The standard InChI is InChI=1S/C12H9F3IN3O/c1-19-10(9(16)6-17-19)11(20)18-8-4-2-7(3-5-8)12(13,14)15/h2-6H,1H3,(H,18,20). The number of benzene rings is 1. The second-order valence-electron chi connectivity index (χ2n) is 3.99. The minimum Gasteiger partial charge on any atom is -0.321 e. The van der Waals surface area contributed by atoms with Crippen LogP contribution in [0.3, 0.4) is 0 Å². The van der Waals surface area contributed by atoms with Gasteiger partial charge in [-0.25, -0.2) is 0 Å². The van der Waals surface area contributed by atoms with Crippen LogP contribution in [0.5, 0.6) is 0 Å². The van der Waals surface area contributed by atoms with E-state index in [1.165, 1.54) is 23.0 Å². The van der Waals surface area contributed by atoms with Crippen LogP contribution in [-0.4, -0.2) is 15.7 Å². The van der Waals surface area contributed by atoms with E-state index in [1.807, 2.05) is 22.6 Å². The molecule has 0 unspecified atom stereocenters. The zero-order chi connectivity index (χ0) is 14.9. The summed E-state index contributed by atoms with van der Waals surface area (Å²) in [6.07, 6.45) is -2.86. The molecule has 8 heteroatoms. The van der Waals surface area contributed by atoms with Crippen LogP contribution >= 0.6 is 22.6 Å². The van der Waals surface area contributed by atoms with Gasteiger partial charge in [0.2, 0.25) is 0 Å². The summed E-state index contributed by atoms with van der Waals surface area (Å²) in [4.78, 5) is 12.0. The Morgan fingerprint density at radius 1 is 1.30 bits per heavy atom. The van der Waals surface area contributed by atoms with Gasteiger partial charge < -0.3 is 5.32 Å². The van der Waals surface area contributed by atoms with Crippen LogP contribution in [0.1, 0.15) is 16.1 Å². The highest BCUT2D eigenvalue weighted by molar-refractivity contribution is 14.1. The molecule has 2 aromatic rings. The molecule has 0 spiro atoms. The number of aryl methyl sites for hydroxylation is 1. The van der Waals surface area contributed by atoms with E-state index in [-0.39, 0.29) is 0 Å². The summed E-state index contributed by atoms with van der Waals surface area (Å²) in [7, 11) is 1.61. The van der Waals surface area contributed by atoms with Gasteiger partial charge in [-0.15, -0.1) is 0 Å². The summed E-state index contributed by atoms with van der Waals surface area (Å²) in [6.45, 7) is 0. The van der Waals surface area contributed by atoms with Crippen molar-refractivity contribution in [2.45, 2.75) is 6.18 Å². The zero-order valence-electron chi connectivity index (χ0n) is 10.2. The number of carbonyl (C=O) groups is 1. The molecule has 0 saturated carbocycles. The Balaban J connectivity index is 2.17. The molecule has 1 heterocycles. The minimum atomic E-state index is -4.39. The van der Waals surface area contributed by atoms with Crippen LogP contribution in [0.4, 0.5) is 18.9 Å². The lowest BCUT2D eigenvalue weighted by atomic mass is 10.2. The number of anilines is 1. The molecule has 2 rings (SSSR count). The monoisotopic (exact) mass is 395 g/mol. The number of aromatic nitrogens is 2. The number of rotatable bonds is 2. The first-order valence-corrected chi connectivity index (χ1v) is 6.53. The minimum absolute atomic E-state index is 0.292. The third kappa shape index (κ3) is 3.11. The van der Waals surface area contributed by atoms with Gasteiger partial charge in [0.25, 0.3) is 5.91 Å². The number of carbonyl (C=O) groups excluding carboxylic acids is 1. The van der Waals surface area contributed by atoms with Crippen molar-refractivity contribution in [3.63, 3.8) is 0 Å². The van der Waals surface area contributed by atoms with Crippen molar-refractivity contribution >= 4 is 34.2 Å². The fraction of sp³-hybridized carbons (Fsp3) is 0.167. The second-order valence-corrected chi connectivity index (χ2v) is 5.16. The van der Waals surface area contributed by atoms with E-state index < -0.39 is 17.6 Å². The van der Waals surface area contributed by atoms with Crippen molar-refractivity contribution in [3.05, 3.63) is 45.3 Å². The van der Waals surface area contributed by atoms with Gasteiger partial charge in [-0.2, -0.15) is 18.3 Å². The number of nitrogens with zero attached hydrogens (tertiary/aromatic N) is 2. The lowest BCUT2D eigenvalue weighted by Crippen LogP contribution is -2.17. The van der Waals surface area contributed by atoms with Crippen LogP contribution in [0, 0.1) is 3.57 Å². The number of halogens is 4. The maximum absolute atomic E-state index is 12.4. The van der Waals surface area contributed by atoms with Gasteiger partial charge in [0, 0.05) is 12.7 Å². The molecule has 4 nitrogen and oxygen atoms in total. The van der Waals surface area contributed by atoms with E-state index in [0.717, 1.165) is 12.1 Å². The predicted octanol–water partition coefficient (Wildman–Crippen LogP) is 3.30. The first-order valence-electron chi connectivity index (χ1n) is 5.45. The van der Waals surface area contributed by atoms with Gasteiger partial charge >= 0.3 is 6.18 Å². The lowest BCUT2D eigenvalue weighted by molar-refractivity contribution is -0.137. The maximum atomic E-state index is 12.4. The molecule has 0 aliphatic heterocycles. The Kier molecular flexibility index (Phi) is 4.02. The summed E-state index contributed by atoms with van der Waals surface area (Å²) in [5.41, 5.74) is -0.115. The summed E-state index contributed by atoms with van der Waals surface area (Å²) >= 11 is 1.96. The summed E-state index contributed by atoms with van der Waals surface area (Å²) < 4.78 is 39.3. The Hall–Kier alpha value is -1.58. The summed E-state index contributed by atoms with van der Waals surface area (Å²) in [6, 6.07) is 4.27. The fourth-order valence-corrected chi connectivity index (χ4v) is 2.32. The normalized spacial score (nSPS) is 11.4. The van der Waals surface area contributed by atoms with Crippen molar-refractivity contribution in [1.82, 2.24) is 9.78 Å². The predicted molar refractivity (Wildman–Crippen MR) is 75.3 cm³/mol. The number of hydrogen-bond donors (Lipinski definition) is 1. The molecular weight excluding hydrogens is 386 g/mol. The first kappa shape index (κ1) is 14.8. The first-order chi connectivity index (χ1) is 9.29.